The number of aromatic nitrogens is 2. The van der Waals surface area contributed by atoms with Crippen molar-refractivity contribution in [2.45, 2.75) is 4.90 Å². The maximum Gasteiger partial charge on any atom is 0.338 e. The molecule has 1 aromatic heterocycles. The van der Waals surface area contributed by atoms with Gasteiger partial charge in [0.15, 0.2) is 6.61 Å². The number of nitrogens with zero attached hydrogens (tertiary/aromatic N) is 2. The molecule has 0 aliphatic heterocycles. The molecule has 1 heterocycles. The Kier molecular flexibility index (Phi) is 6.10. The Balaban J connectivity index is 1.35. The van der Waals surface area contributed by atoms with Gasteiger partial charge in [-0.1, -0.05) is 24.3 Å². The summed E-state index contributed by atoms with van der Waals surface area (Å²) in [5.74, 6) is -1.29. The molecule has 0 fully saturated rings. The number of ether oxygens (including phenoxy) is 1. The highest BCUT2D eigenvalue weighted by Crippen LogP contribution is 2.21. The molecule has 0 saturated heterocycles. The molecule has 3 aromatic carbocycles. The van der Waals surface area contributed by atoms with Crippen molar-refractivity contribution in [1.82, 2.24) is 8.75 Å². The van der Waals surface area contributed by atoms with Gasteiger partial charge in [0.05, 0.1) is 27.9 Å². The van der Waals surface area contributed by atoms with Gasteiger partial charge in [0.25, 0.3) is 15.9 Å². The molecular weight excluding hydrogens is 452 g/mol. The third kappa shape index (κ3) is 4.90. The standard InChI is InChI=1S/C21H16N4O5S2/c26-19(22-17-7-4-8-18-20(17)24-31-23-18)13-30-21(27)14-9-11-16(12-10-14)32(28,29)25-15-5-2-1-3-6-15/h1-12,25H,13H2,(H,22,26). The van der Waals surface area contributed by atoms with Crippen molar-refractivity contribution >= 4 is 56.0 Å². The molecule has 32 heavy (non-hydrogen) atoms. The maximum absolute atomic E-state index is 12.5. The zero-order valence-corrected chi connectivity index (χ0v) is 18.0. The van der Waals surface area contributed by atoms with Crippen LogP contribution in [-0.4, -0.2) is 35.6 Å². The fourth-order valence-electron chi connectivity index (χ4n) is 2.80. The SMILES string of the molecule is O=C(COC(=O)c1ccc(S(=O)(=O)Nc2ccccc2)cc1)Nc1cccc2nsnc12. The number of hydrogen-bond donors (Lipinski definition) is 2. The molecule has 162 valence electrons. The van der Waals surface area contributed by atoms with Crippen molar-refractivity contribution in [3.05, 3.63) is 78.4 Å². The molecule has 2 N–H and O–H groups in total. The Morgan fingerprint density at radius 3 is 2.41 bits per heavy atom. The number of carbonyl (C=O) groups excluding carboxylic acids is 2. The minimum atomic E-state index is -3.81. The van der Waals surface area contributed by atoms with Crippen LogP contribution in [0.3, 0.4) is 0 Å². The summed E-state index contributed by atoms with van der Waals surface area (Å²) in [6, 6.07) is 18.8. The summed E-state index contributed by atoms with van der Waals surface area (Å²) in [5, 5.41) is 2.63. The highest BCUT2D eigenvalue weighted by molar-refractivity contribution is 7.92. The molecule has 0 aliphatic carbocycles. The summed E-state index contributed by atoms with van der Waals surface area (Å²) in [5.41, 5.74) is 2.21. The number of hydrogen-bond acceptors (Lipinski definition) is 8. The second-order valence-corrected chi connectivity index (χ2v) is 8.77. The number of rotatable bonds is 7. The molecule has 1 amide bonds. The number of para-hydroxylation sites is 1. The highest BCUT2D eigenvalue weighted by Gasteiger charge is 2.17. The topological polar surface area (TPSA) is 127 Å². The number of fused-ring (bicyclic) bond motifs is 1. The van der Waals surface area contributed by atoms with Gasteiger partial charge >= 0.3 is 5.97 Å². The summed E-state index contributed by atoms with van der Waals surface area (Å²) in [6.45, 7) is -0.512. The first-order valence-corrected chi connectivity index (χ1v) is 11.5. The van der Waals surface area contributed by atoms with Crippen molar-refractivity contribution in [2.24, 2.45) is 0 Å². The van der Waals surface area contributed by atoms with E-state index in [0.29, 0.717) is 22.4 Å². The Labute approximate surface area is 187 Å². The minimum absolute atomic E-state index is 0.0133. The normalized spacial score (nSPS) is 11.1. The van der Waals surface area contributed by atoms with E-state index in [-0.39, 0.29) is 10.5 Å². The van der Waals surface area contributed by atoms with Crippen molar-refractivity contribution < 1.29 is 22.7 Å². The fraction of sp³-hybridized carbons (Fsp3) is 0.0476. The number of amides is 1. The Morgan fingerprint density at radius 2 is 1.66 bits per heavy atom. The van der Waals surface area contributed by atoms with Crippen LogP contribution in [-0.2, 0) is 19.6 Å². The van der Waals surface area contributed by atoms with Crippen LogP contribution in [0.2, 0.25) is 0 Å². The molecule has 4 aromatic rings. The Bertz CT molecular complexity index is 1370. The maximum atomic E-state index is 12.5. The van der Waals surface area contributed by atoms with Crippen LogP contribution in [0.15, 0.2) is 77.7 Å². The van der Waals surface area contributed by atoms with Gasteiger partial charge in [0.1, 0.15) is 11.0 Å². The monoisotopic (exact) mass is 468 g/mol. The predicted molar refractivity (Wildman–Crippen MR) is 120 cm³/mol. The van der Waals surface area contributed by atoms with Crippen molar-refractivity contribution in [1.29, 1.82) is 0 Å². The van der Waals surface area contributed by atoms with Gasteiger partial charge in [-0.05, 0) is 48.5 Å². The number of carbonyl (C=O) groups is 2. The second kappa shape index (κ2) is 9.12. The van der Waals surface area contributed by atoms with Gasteiger partial charge in [-0.15, -0.1) is 0 Å². The molecule has 0 atom stereocenters. The number of benzene rings is 3. The minimum Gasteiger partial charge on any atom is -0.452 e. The molecule has 0 aliphatic rings. The summed E-state index contributed by atoms with van der Waals surface area (Å²) >= 11 is 1.03. The molecule has 0 unspecified atom stereocenters. The van der Waals surface area contributed by atoms with Gasteiger partial charge in [-0.2, -0.15) is 8.75 Å². The molecule has 9 nitrogen and oxygen atoms in total. The Hall–Kier alpha value is -3.83. The lowest BCUT2D eigenvalue weighted by atomic mass is 10.2. The average molecular weight is 469 g/mol. The van der Waals surface area contributed by atoms with E-state index in [2.05, 4.69) is 18.8 Å². The number of esters is 1. The third-order valence-corrected chi connectivity index (χ3v) is 6.26. The summed E-state index contributed by atoms with van der Waals surface area (Å²) < 4.78 is 40.6. The van der Waals surface area contributed by atoms with E-state index in [1.807, 2.05) is 0 Å². The van der Waals surface area contributed by atoms with Gasteiger partial charge in [-0.3, -0.25) is 9.52 Å². The smallest absolute Gasteiger partial charge is 0.338 e. The summed E-state index contributed by atoms with van der Waals surface area (Å²) in [4.78, 5) is 24.4. The molecule has 0 spiro atoms. The molecule has 0 saturated carbocycles. The molecule has 11 heteroatoms. The van der Waals surface area contributed by atoms with Crippen LogP contribution in [0, 0.1) is 0 Å². The first-order valence-electron chi connectivity index (χ1n) is 9.28. The second-order valence-electron chi connectivity index (χ2n) is 6.56. The van der Waals surface area contributed by atoms with Crippen LogP contribution >= 0.6 is 11.7 Å². The summed E-state index contributed by atoms with van der Waals surface area (Å²) in [7, 11) is -3.81. The lowest BCUT2D eigenvalue weighted by Crippen LogP contribution is -2.21. The van der Waals surface area contributed by atoms with E-state index >= 15 is 0 Å². The zero-order chi connectivity index (χ0) is 22.6. The number of nitrogens with one attached hydrogen (secondary N) is 2. The van der Waals surface area contributed by atoms with Crippen LogP contribution < -0.4 is 10.0 Å². The number of anilines is 2. The quantitative estimate of drug-likeness (QED) is 0.398. The summed E-state index contributed by atoms with van der Waals surface area (Å²) in [6.07, 6.45) is 0. The fourth-order valence-corrected chi connectivity index (χ4v) is 4.41. The first kappa shape index (κ1) is 21.4. The van der Waals surface area contributed by atoms with Gasteiger partial charge in [0, 0.05) is 5.69 Å². The van der Waals surface area contributed by atoms with Crippen molar-refractivity contribution in [3.63, 3.8) is 0 Å². The van der Waals surface area contributed by atoms with E-state index in [0.717, 1.165) is 11.7 Å². The number of sulfonamides is 1. The predicted octanol–water partition coefficient (Wildman–Crippen LogP) is 3.29. The van der Waals surface area contributed by atoms with Crippen LogP contribution in [0.5, 0.6) is 0 Å². The largest absolute Gasteiger partial charge is 0.452 e. The van der Waals surface area contributed by atoms with E-state index in [1.165, 1.54) is 24.3 Å². The van der Waals surface area contributed by atoms with Gasteiger partial charge in [0.2, 0.25) is 0 Å². The zero-order valence-electron chi connectivity index (χ0n) is 16.4. The third-order valence-electron chi connectivity index (χ3n) is 4.32. The van der Waals surface area contributed by atoms with Gasteiger partial charge in [-0.25, -0.2) is 13.2 Å². The Morgan fingerprint density at radius 1 is 0.906 bits per heavy atom. The lowest BCUT2D eigenvalue weighted by Gasteiger charge is -2.09. The van der Waals surface area contributed by atoms with Crippen LogP contribution in [0.4, 0.5) is 11.4 Å². The van der Waals surface area contributed by atoms with Crippen LogP contribution in [0.25, 0.3) is 11.0 Å². The molecule has 0 bridgehead atoms. The molecule has 0 radical (unpaired) electrons. The lowest BCUT2D eigenvalue weighted by molar-refractivity contribution is -0.119. The van der Waals surface area contributed by atoms with E-state index in [1.54, 1.807) is 48.5 Å². The average Bonchev–Trinajstić information content (AvgIpc) is 3.28. The molecule has 4 rings (SSSR count). The first-order chi connectivity index (χ1) is 15.4. The van der Waals surface area contributed by atoms with E-state index < -0.39 is 28.5 Å². The van der Waals surface area contributed by atoms with Crippen molar-refractivity contribution in [2.75, 3.05) is 16.6 Å². The van der Waals surface area contributed by atoms with E-state index in [4.69, 9.17) is 4.74 Å². The molecular formula is C21H16N4O5S2. The van der Waals surface area contributed by atoms with Crippen molar-refractivity contribution in [3.8, 4) is 0 Å². The highest BCUT2D eigenvalue weighted by atomic mass is 32.2. The van der Waals surface area contributed by atoms with Crippen LogP contribution in [0.1, 0.15) is 10.4 Å². The van der Waals surface area contributed by atoms with Gasteiger partial charge < -0.3 is 10.1 Å². The van der Waals surface area contributed by atoms with E-state index in [9.17, 15) is 18.0 Å².